The Hall–Kier alpha value is -3.17. The van der Waals surface area contributed by atoms with Crippen molar-refractivity contribution in [2.24, 2.45) is 7.05 Å². The maximum atomic E-state index is 13.0. The van der Waals surface area contributed by atoms with Crippen LogP contribution in [0, 0.1) is 6.92 Å². The second kappa shape index (κ2) is 8.76. The molecule has 0 unspecified atom stereocenters. The van der Waals surface area contributed by atoms with E-state index in [1.807, 2.05) is 53.4 Å². The highest BCUT2D eigenvalue weighted by Gasteiger charge is 2.30. The minimum Gasteiger partial charge on any atom is -0.363 e. The Labute approximate surface area is 187 Å². The van der Waals surface area contributed by atoms with E-state index in [9.17, 15) is 18.0 Å². The fourth-order valence-electron chi connectivity index (χ4n) is 4.11. The summed E-state index contributed by atoms with van der Waals surface area (Å²) in [6, 6.07) is 18.3. The molecular formula is C23H26N4O4S. The number of benzene rings is 2. The molecule has 4 rings (SSSR count). The second-order valence-corrected chi connectivity index (χ2v) is 9.85. The topological polar surface area (TPSA) is 84.6 Å². The number of hydrogen-bond acceptors (Lipinski definition) is 5. The van der Waals surface area contributed by atoms with E-state index >= 15 is 0 Å². The number of sulfonamides is 1. The molecule has 2 heterocycles. The van der Waals surface area contributed by atoms with E-state index in [0.29, 0.717) is 30.2 Å². The van der Waals surface area contributed by atoms with Crippen LogP contribution in [0.15, 0.2) is 70.3 Å². The zero-order valence-electron chi connectivity index (χ0n) is 18.1. The third-order valence-electron chi connectivity index (χ3n) is 5.82. The van der Waals surface area contributed by atoms with E-state index in [4.69, 9.17) is 0 Å². The van der Waals surface area contributed by atoms with Gasteiger partial charge < -0.3 is 4.90 Å². The van der Waals surface area contributed by atoms with Crippen LogP contribution in [0.2, 0.25) is 0 Å². The third-order valence-corrected chi connectivity index (χ3v) is 7.67. The zero-order chi connectivity index (χ0) is 22.9. The van der Waals surface area contributed by atoms with Crippen LogP contribution in [0.4, 0.5) is 5.69 Å². The highest BCUT2D eigenvalue weighted by molar-refractivity contribution is 7.88. The first-order valence-corrected chi connectivity index (χ1v) is 12.1. The average molecular weight is 455 g/mol. The molecular weight excluding hydrogens is 428 g/mol. The van der Waals surface area contributed by atoms with Gasteiger partial charge in [0.2, 0.25) is 10.0 Å². The lowest BCUT2D eigenvalue weighted by Gasteiger charge is -2.36. The molecule has 0 N–H and O–H groups in total. The van der Waals surface area contributed by atoms with E-state index < -0.39 is 15.7 Å². The average Bonchev–Trinajstić information content (AvgIpc) is 2.79. The van der Waals surface area contributed by atoms with Crippen molar-refractivity contribution in [3.8, 4) is 5.69 Å². The molecule has 9 heteroatoms. The number of aromatic nitrogens is 2. The Balaban J connectivity index is 1.61. The maximum Gasteiger partial charge on any atom is 0.335 e. The summed E-state index contributed by atoms with van der Waals surface area (Å²) < 4.78 is 29.8. The van der Waals surface area contributed by atoms with E-state index in [0.717, 1.165) is 10.1 Å². The fourth-order valence-corrected chi connectivity index (χ4v) is 5.63. The Morgan fingerprint density at radius 3 is 2.00 bits per heavy atom. The molecule has 0 atom stereocenters. The Morgan fingerprint density at radius 2 is 1.41 bits per heavy atom. The first-order valence-electron chi connectivity index (χ1n) is 10.4. The molecule has 0 radical (unpaired) electrons. The van der Waals surface area contributed by atoms with Crippen molar-refractivity contribution in [2.75, 3.05) is 31.1 Å². The SMILES string of the molecule is Cc1c(N2CCN(S(=O)(=O)Cc3ccccc3)CC2)c(=O)n(C)c(=O)n1-c1ccccc1. The quantitative estimate of drug-likeness (QED) is 0.583. The van der Waals surface area contributed by atoms with Crippen molar-refractivity contribution in [3.05, 3.63) is 92.8 Å². The van der Waals surface area contributed by atoms with Crippen LogP contribution >= 0.6 is 0 Å². The first kappa shape index (κ1) is 22.0. The molecule has 8 nitrogen and oxygen atoms in total. The molecule has 1 fully saturated rings. The van der Waals surface area contributed by atoms with Gasteiger partial charge in [-0.15, -0.1) is 0 Å². The molecule has 0 spiro atoms. The molecule has 0 bridgehead atoms. The van der Waals surface area contributed by atoms with Crippen molar-refractivity contribution < 1.29 is 8.42 Å². The first-order chi connectivity index (χ1) is 15.3. The van der Waals surface area contributed by atoms with Crippen LogP contribution in [0.3, 0.4) is 0 Å². The molecule has 2 aromatic carbocycles. The standard InChI is InChI=1S/C23H26N4O4S/c1-18-21(22(28)24(2)23(29)27(18)20-11-7-4-8-12-20)25-13-15-26(16-14-25)32(30,31)17-19-9-5-3-6-10-19/h3-12H,13-17H2,1-2H3. The van der Waals surface area contributed by atoms with Crippen LogP contribution in [-0.2, 0) is 22.8 Å². The molecule has 1 aliphatic heterocycles. The minimum absolute atomic E-state index is 0.0481. The van der Waals surface area contributed by atoms with Gasteiger partial charge in [-0.05, 0) is 24.6 Å². The normalized spacial score (nSPS) is 15.1. The lowest BCUT2D eigenvalue weighted by atomic mass is 10.2. The summed E-state index contributed by atoms with van der Waals surface area (Å²) in [5, 5.41) is 0. The fraction of sp³-hybridized carbons (Fsp3) is 0.304. The largest absolute Gasteiger partial charge is 0.363 e. The zero-order valence-corrected chi connectivity index (χ0v) is 19.0. The third kappa shape index (κ3) is 4.13. The molecule has 3 aromatic rings. The van der Waals surface area contributed by atoms with Gasteiger partial charge in [0.05, 0.1) is 17.1 Å². The molecule has 1 aliphatic rings. The van der Waals surface area contributed by atoms with Gasteiger partial charge in [-0.1, -0.05) is 48.5 Å². The van der Waals surface area contributed by atoms with Gasteiger partial charge in [0.1, 0.15) is 5.69 Å². The summed E-state index contributed by atoms with van der Waals surface area (Å²) in [5.74, 6) is -0.0481. The van der Waals surface area contributed by atoms with Gasteiger partial charge in [0.15, 0.2) is 0 Å². The van der Waals surface area contributed by atoms with Gasteiger partial charge in [0, 0.05) is 33.2 Å². The van der Waals surface area contributed by atoms with Gasteiger partial charge in [0.25, 0.3) is 5.56 Å². The number of rotatable bonds is 5. The number of hydrogen-bond donors (Lipinski definition) is 0. The van der Waals surface area contributed by atoms with E-state index in [2.05, 4.69) is 0 Å². The molecule has 1 saturated heterocycles. The number of anilines is 1. The van der Waals surface area contributed by atoms with Crippen molar-refractivity contribution in [3.63, 3.8) is 0 Å². The second-order valence-electron chi connectivity index (χ2n) is 7.88. The molecule has 1 aromatic heterocycles. The maximum absolute atomic E-state index is 13.0. The van der Waals surface area contributed by atoms with E-state index in [1.54, 1.807) is 19.1 Å². The van der Waals surface area contributed by atoms with E-state index in [1.165, 1.54) is 15.9 Å². The van der Waals surface area contributed by atoms with Crippen LogP contribution in [0.25, 0.3) is 5.69 Å². The number of nitrogens with zero attached hydrogens (tertiary/aromatic N) is 4. The highest BCUT2D eigenvalue weighted by Crippen LogP contribution is 2.20. The van der Waals surface area contributed by atoms with Gasteiger partial charge >= 0.3 is 5.69 Å². The van der Waals surface area contributed by atoms with Crippen molar-refractivity contribution in [1.29, 1.82) is 0 Å². The predicted molar refractivity (Wildman–Crippen MR) is 125 cm³/mol. The van der Waals surface area contributed by atoms with Crippen molar-refractivity contribution in [2.45, 2.75) is 12.7 Å². The highest BCUT2D eigenvalue weighted by atomic mass is 32.2. The molecule has 0 saturated carbocycles. The van der Waals surface area contributed by atoms with Crippen LogP contribution in [0.5, 0.6) is 0 Å². The number of piperazine rings is 1. The number of para-hydroxylation sites is 1. The minimum atomic E-state index is -3.46. The van der Waals surface area contributed by atoms with Gasteiger partial charge in [-0.2, -0.15) is 4.31 Å². The summed E-state index contributed by atoms with van der Waals surface area (Å²) in [6.45, 7) is 3.06. The summed E-state index contributed by atoms with van der Waals surface area (Å²) >= 11 is 0. The summed E-state index contributed by atoms with van der Waals surface area (Å²) in [4.78, 5) is 27.7. The monoisotopic (exact) mass is 454 g/mol. The predicted octanol–water partition coefficient (Wildman–Crippen LogP) is 1.50. The lowest BCUT2D eigenvalue weighted by Crippen LogP contribution is -2.52. The Kier molecular flexibility index (Phi) is 6.03. The molecule has 0 amide bonds. The van der Waals surface area contributed by atoms with Crippen LogP contribution < -0.4 is 16.1 Å². The molecule has 0 aliphatic carbocycles. The van der Waals surface area contributed by atoms with Gasteiger partial charge in [-0.25, -0.2) is 13.2 Å². The lowest BCUT2D eigenvalue weighted by molar-refractivity contribution is 0.383. The molecule has 168 valence electrons. The van der Waals surface area contributed by atoms with Gasteiger partial charge in [-0.3, -0.25) is 13.9 Å². The Bertz CT molecular complexity index is 1320. The van der Waals surface area contributed by atoms with Crippen LogP contribution in [0.1, 0.15) is 11.3 Å². The smallest absolute Gasteiger partial charge is 0.335 e. The van der Waals surface area contributed by atoms with Crippen molar-refractivity contribution >= 4 is 15.7 Å². The summed E-state index contributed by atoms with van der Waals surface area (Å²) in [7, 11) is -1.99. The van der Waals surface area contributed by atoms with Crippen LogP contribution in [-0.4, -0.2) is 48.0 Å². The molecule has 32 heavy (non-hydrogen) atoms. The van der Waals surface area contributed by atoms with Crippen molar-refractivity contribution in [1.82, 2.24) is 13.4 Å². The Morgan fingerprint density at radius 1 is 0.844 bits per heavy atom. The van der Waals surface area contributed by atoms with E-state index in [-0.39, 0.29) is 24.4 Å². The summed E-state index contributed by atoms with van der Waals surface area (Å²) in [6.07, 6.45) is 0. The summed E-state index contributed by atoms with van der Waals surface area (Å²) in [5.41, 5.74) is 1.61.